The van der Waals surface area contributed by atoms with E-state index in [9.17, 15) is 9.59 Å². The predicted molar refractivity (Wildman–Crippen MR) is 114 cm³/mol. The Kier molecular flexibility index (Phi) is 10.1. The molecule has 0 aliphatic rings. The molecule has 2 rings (SSSR count). The van der Waals surface area contributed by atoms with Gasteiger partial charge in [0.15, 0.2) is 5.78 Å². The molecule has 1 unspecified atom stereocenters. The third-order valence-electron chi connectivity index (χ3n) is 4.69. The molecule has 29 heavy (non-hydrogen) atoms. The number of carbonyl (C=O) groups is 2. The molecule has 0 spiro atoms. The molecule has 5 heteroatoms. The monoisotopic (exact) mass is 397 g/mol. The van der Waals surface area contributed by atoms with Gasteiger partial charge in [0, 0.05) is 18.7 Å². The van der Waals surface area contributed by atoms with Gasteiger partial charge in [-0.3, -0.25) is 9.63 Å². The molecule has 0 aliphatic heterocycles. The van der Waals surface area contributed by atoms with Gasteiger partial charge in [0.2, 0.25) is 0 Å². The third-order valence-corrected chi connectivity index (χ3v) is 4.69. The number of hydrogen-bond acceptors (Lipinski definition) is 5. The van der Waals surface area contributed by atoms with Gasteiger partial charge in [-0.15, -0.1) is 0 Å². The quantitative estimate of drug-likeness (QED) is 0.208. The smallest absolute Gasteiger partial charge is 0.338 e. The number of hydroxylamine groups is 2. The Morgan fingerprint density at radius 2 is 1.41 bits per heavy atom. The first-order valence-corrected chi connectivity index (χ1v) is 10.4. The fourth-order valence-corrected chi connectivity index (χ4v) is 3.00. The summed E-state index contributed by atoms with van der Waals surface area (Å²) in [5.41, 5.74) is 1.23. The fourth-order valence-electron chi connectivity index (χ4n) is 3.00. The Labute approximate surface area is 173 Å². The summed E-state index contributed by atoms with van der Waals surface area (Å²) < 4.78 is 5.31. The molecule has 156 valence electrons. The maximum absolute atomic E-state index is 12.9. The Morgan fingerprint density at radius 3 is 2.00 bits per heavy atom. The Morgan fingerprint density at radius 1 is 0.828 bits per heavy atom. The molecule has 2 aromatic carbocycles. The summed E-state index contributed by atoms with van der Waals surface area (Å²) in [5, 5.41) is 1.81. The summed E-state index contributed by atoms with van der Waals surface area (Å²) in [6, 6.07) is 18.3. The highest BCUT2D eigenvalue weighted by Crippen LogP contribution is 2.15. The van der Waals surface area contributed by atoms with Gasteiger partial charge in [-0.05, 0) is 31.4 Å². The van der Waals surface area contributed by atoms with Crippen molar-refractivity contribution in [3.05, 3.63) is 71.8 Å². The van der Waals surface area contributed by atoms with E-state index < -0.39 is 6.10 Å². The molecular weight excluding hydrogens is 366 g/mol. The van der Waals surface area contributed by atoms with E-state index in [0.29, 0.717) is 24.2 Å². The first-order valence-electron chi connectivity index (χ1n) is 10.4. The number of carbonyl (C=O) groups excluding carboxylic acids is 2. The number of rotatable bonds is 13. The lowest BCUT2D eigenvalue weighted by atomic mass is 10.0. The molecule has 0 heterocycles. The van der Waals surface area contributed by atoms with Gasteiger partial charge in [-0.25, -0.2) is 4.79 Å². The Bertz CT molecular complexity index is 729. The maximum Gasteiger partial charge on any atom is 0.338 e. The van der Waals surface area contributed by atoms with E-state index in [1.54, 1.807) is 12.1 Å². The van der Waals surface area contributed by atoms with Crippen LogP contribution in [0.4, 0.5) is 0 Å². The molecule has 0 fully saturated rings. The molecule has 0 N–H and O–H groups in total. The molecule has 0 bridgehead atoms. The van der Waals surface area contributed by atoms with Crippen LogP contribution < -0.4 is 0 Å². The van der Waals surface area contributed by atoms with E-state index in [4.69, 9.17) is 9.57 Å². The van der Waals surface area contributed by atoms with Crippen LogP contribution in [0.25, 0.3) is 0 Å². The number of benzene rings is 2. The van der Waals surface area contributed by atoms with Crippen LogP contribution in [-0.2, 0) is 9.57 Å². The van der Waals surface area contributed by atoms with Gasteiger partial charge < -0.3 is 4.74 Å². The number of Topliss-reactive ketones (excluding diaryl/α,β-unsaturated/α-hetero) is 1. The van der Waals surface area contributed by atoms with Gasteiger partial charge in [-0.1, -0.05) is 68.8 Å². The third kappa shape index (κ3) is 7.80. The molecule has 0 radical (unpaired) electrons. The van der Waals surface area contributed by atoms with E-state index in [0.717, 1.165) is 32.4 Å². The summed E-state index contributed by atoms with van der Waals surface area (Å²) >= 11 is 0. The van der Waals surface area contributed by atoms with E-state index in [1.807, 2.05) is 67.4 Å². The average molecular weight is 398 g/mol. The predicted octanol–water partition coefficient (Wildman–Crippen LogP) is 4.93. The van der Waals surface area contributed by atoms with E-state index >= 15 is 0 Å². The lowest BCUT2D eigenvalue weighted by Gasteiger charge is -2.24. The molecule has 2 aromatic rings. The van der Waals surface area contributed by atoms with Crippen LogP contribution in [-0.4, -0.2) is 42.6 Å². The van der Waals surface area contributed by atoms with Crippen LogP contribution in [0.1, 0.15) is 60.2 Å². The molecule has 0 aliphatic carbocycles. The summed E-state index contributed by atoms with van der Waals surface area (Å²) in [6.45, 7) is 5.85. The van der Waals surface area contributed by atoms with Crippen molar-refractivity contribution in [3.8, 4) is 0 Å². The van der Waals surface area contributed by atoms with Crippen LogP contribution in [0.5, 0.6) is 0 Å². The van der Waals surface area contributed by atoms with Gasteiger partial charge in [0.25, 0.3) is 0 Å². The largest absolute Gasteiger partial charge is 0.462 e. The van der Waals surface area contributed by atoms with Gasteiger partial charge in [0.1, 0.15) is 6.10 Å². The minimum absolute atomic E-state index is 0.00741. The number of esters is 1. The van der Waals surface area contributed by atoms with Crippen molar-refractivity contribution in [2.45, 2.75) is 45.6 Å². The second kappa shape index (κ2) is 12.9. The highest BCUT2D eigenvalue weighted by molar-refractivity contribution is 5.99. The molecule has 1 atom stereocenters. The topological polar surface area (TPSA) is 55.8 Å². The second-order valence-corrected chi connectivity index (χ2v) is 6.79. The minimum atomic E-state index is -0.496. The van der Waals surface area contributed by atoms with Crippen molar-refractivity contribution in [2.75, 3.05) is 19.7 Å². The number of hydrogen-bond donors (Lipinski definition) is 0. The molecular formula is C24H31NO4. The van der Waals surface area contributed by atoms with Crippen LogP contribution in [0.15, 0.2) is 60.7 Å². The number of ether oxygens (including phenoxy) is 1. The van der Waals surface area contributed by atoms with Crippen LogP contribution in [0.3, 0.4) is 0 Å². The Hall–Kier alpha value is -2.50. The molecule has 0 amide bonds. The van der Waals surface area contributed by atoms with E-state index in [-0.39, 0.29) is 11.8 Å². The maximum atomic E-state index is 12.9. The van der Waals surface area contributed by atoms with Crippen molar-refractivity contribution >= 4 is 11.8 Å². The van der Waals surface area contributed by atoms with Crippen LogP contribution in [0, 0.1) is 0 Å². The van der Waals surface area contributed by atoms with Crippen molar-refractivity contribution in [3.63, 3.8) is 0 Å². The summed E-state index contributed by atoms with van der Waals surface area (Å²) in [7, 11) is 0. The summed E-state index contributed by atoms with van der Waals surface area (Å²) in [4.78, 5) is 30.8. The molecule has 0 saturated heterocycles. The number of unbranched alkanes of at least 4 members (excludes halogenated alkanes) is 2. The summed E-state index contributed by atoms with van der Waals surface area (Å²) in [5.74, 6) is -0.291. The lowest BCUT2D eigenvalue weighted by Crippen LogP contribution is -2.34. The minimum Gasteiger partial charge on any atom is -0.462 e. The van der Waals surface area contributed by atoms with Gasteiger partial charge in [0.05, 0.1) is 12.2 Å². The zero-order valence-corrected chi connectivity index (χ0v) is 17.4. The van der Waals surface area contributed by atoms with Gasteiger partial charge >= 0.3 is 5.97 Å². The van der Waals surface area contributed by atoms with E-state index in [2.05, 4.69) is 0 Å². The molecule has 5 nitrogen and oxygen atoms in total. The first-order chi connectivity index (χ1) is 14.2. The lowest BCUT2D eigenvalue weighted by molar-refractivity contribution is -0.179. The second-order valence-electron chi connectivity index (χ2n) is 6.79. The van der Waals surface area contributed by atoms with Crippen LogP contribution in [0.2, 0.25) is 0 Å². The first kappa shape index (κ1) is 22.8. The van der Waals surface area contributed by atoms with Crippen molar-refractivity contribution in [1.29, 1.82) is 0 Å². The normalized spacial score (nSPS) is 12.0. The zero-order chi connectivity index (χ0) is 20.9. The Balaban J connectivity index is 1.78. The average Bonchev–Trinajstić information content (AvgIpc) is 2.78. The fraction of sp³-hybridized carbons (Fsp3) is 0.417. The van der Waals surface area contributed by atoms with Crippen molar-refractivity contribution in [2.24, 2.45) is 0 Å². The highest BCUT2D eigenvalue weighted by Gasteiger charge is 2.23. The molecule has 0 aromatic heterocycles. The summed E-state index contributed by atoms with van der Waals surface area (Å²) in [6.07, 6.45) is 2.59. The highest BCUT2D eigenvalue weighted by atomic mass is 16.7. The van der Waals surface area contributed by atoms with Crippen molar-refractivity contribution in [1.82, 2.24) is 5.06 Å². The molecule has 0 saturated carbocycles. The number of ketones is 1. The standard InChI is InChI=1S/C24H31NO4/c1-3-25(4-2)29-22(23(26)20-14-8-5-9-15-20)18-12-7-13-19-28-24(27)21-16-10-6-11-17-21/h5-6,8-11,14-17,22H,3-4,7,12-13,18-19H2,1-2H3. The zero-order valence-electron chi connectivity index (χ0n) is 17.4. The van der Waals surface area contributed by atoms with E-state index in [1.165, 1.54) is 0 Å². The van der Waals surface area contributed by atoms with Gasteiger partial charge in [-0.2, -0.15) is 5.06 Å². The SMILES string of the molecule is CCN(CC)OC(CCCCCOC(=O)c1ccccc1)C(=O)c1ccccc1. The van der Waals surface area contributed by atoms with Crippen LogP contribution >= 0.6 is 0 Å². The van der Waals surface area contributed by atoms with Crippen molar-refractivity contribution < 1.29 is 19.2 Å². The number of nitrogens with zero attached hydrogens (tertiary/aromatic N) is 1.